The summed E-state index contributed by atoms with van der Waals surface area (Å²) in [5, 5.41) is 0. The molecule has 0 amide bonds. The summed E-state index contributed by atoms with van der Waals surface area (Å²) < 4.78 is 0. The zero-order chi connectivity index (χ0) is 4.83. The fraction of sp³-hybridized carbons (Fsp3) is 1.00. The molecule has 0 radical (unpaired) electrons. The minimum Gasteiger partial charge on any atom is -0.128 e. The molecule has 0 aliphatic rings. The summed E-state index contributed by atoms with van der Waals surface area (Å²) >= 11 is 2.55. The van der Waals surface area contributed by atoms with Crippen LogP contribution in [0.3, 0.4) is 0 Å². The summed E-state index contributed by atoms with van der Waals surface area (Å²) in [6, 6.07) is 1.54. The molecule has 0 N–H and O–H groups in total. The highest BCUT2D eigenvalue weighted by Crippen LogP contribution is 1.95. The van der Waals surface area contributed by atoms with Gasteiger partial charge in [-0.1, -0.05) is 25.8 Å². The van der Waals surface area contributed by atoms with Gasteiger partial charge in [0.05, 0.1) is 7.02 Å². The van der Waals surface area contributed by atoms with Crippen molar-refractivity contribution < 1.29 is 0 Å². The van der Waals surface area contributed by atoms with Crippen LogP contribution in [0.15, 0.2) is 0 Å². The molecule has 0 atom stereocenters. The molecular weight excluding hydrogens is 203 g/mol. The van der Waals surface area contributed by atoms with Crippen molar-refractivity contribution in [1.29, 1.82) is 0 Å². The van der Waals surface area contributed by atoms with E-state index in [4.69, 9.17) is 0 Å². The highest BCUT2D eigenvalue weighted by Gasteiger charge is 1.77. The van der Waals surface area contributed by atoms with Crippen LogP contribution in [0.5, 0.6) is 0 Å². The maximum absolute atomic E-state index is 2.55. The molecule has 2 heteroatoms. The van der Waals surface area contributed by atoms with Crippen LogP contribution >= 0.6 is 21.8 Å². The highest BCUT2D eigenvalue weighted by atomic mass is 127. The predicted octanol–water partition coefficient (Wildman–Crippen LogP) is 1.72. The Balaban J connectivity index is 2.34. The summed E-state index contributed by atoms with van der Waals surface area (Å²) in [7, 11) is 0.373. The first-order valence-corrected chi connectivity index (χ1v) is 8.59. The van der Waals surface area contributed by atoms with E-state index in [2.05, 4.69) is 28.7 Å². The summed E-state index contributed by atoms with van der Waals surface area (Å²) in [4.78, 5) is 0. The zero-order valence-corrected chi connectivity index (χ0v) is 7.78. The molecule has 0 bridgehead atoms. The Morgan fingerprint density at radius 1 is 1.67 bits per heavy atom. The van der Waals surface area contributed by atoms with Crippen LogP contribution in [0.1, 0.15) is 19.8 Å². The van der Waals surface area contributed by atoms with Crippen LogP contribution in [0, 0.1) is 0 Å². The van der Waals surface area contributed by atoms with E-state index in [-0.39, 0.29) is 0 Å². The van der Waals surface area contributed by atoms with Gasteiger partial charge in [-0.15, -0.1) is 21.8 Å². The molecular formula is C4H11ISi. The molecule has 38 valence electrons. The van der Waals surface area contributed by atoms with Crippen LogP contribution in [-0.4, -0.2) is 7.02 Å². The van der Waals surface area contributed by atoms with Gasteiger partial charge < -0.3 is 0 Å². The van der Waals surface area contributed by atoms with E-state index in [1.54, 1.807) is 0 Å². The van der Waals surface area contributed by atoms with Crippen LogP contribution in [0.25, 0.3) is 0 Å². The Morgan fingerprint density at radius 3 is 2.50 bits per heavy atom. The Morgan fingerprint density at radius 2 is 2.33 bits per heavy atom. The van der Waals surface area contributed by atoms with Gasteiger partial charge in [0.25, 0.3) is 0 Å². The van der Waals surface area contributed by atoms with Gasteiger partial charge in [-0.25, -0.2) is 0 Å². The summed E-state index contributed by atoms with van der Waals surface area (Å²) in [6.07, 6.45) is 2.85. The van der Waals surface area contributed by atoms with Crippen molar-refractivity contribution in [3.8, 4) is 0 Å². The van der Waals surface area contributed by atoms with Gasteiger partial charge in [0.15, 0.2) is 0 Å². The molecule has 0 aliphatic heterocycles. The van der Waals surface area contributed by atoms with Crippen molar-refractivity contribution in [1.82, 2.24) is 0 Å². The maximum Gasteiger partial charge on any atom is 0.0938 e. The second-order valence-corrected chi connectivity index (χ2v) is 5.72. The molecule has 0 saturated heterocycles. The monoisotopic (exact) mass is 214 g/mol. The molecule has 0 fully saturated rings. The van der Waals surface area contributed by atoms with Gasteiger partial charge >= 0.3 is 0 Å². The van der Waals surface area contributed by atoms with Gasteiger partial charge in [0.2, 0.25) is 0 Å². The normalized spacial score (nSPS) is 11.0. The van der Waals surface area contributed by atoms with E-state index >= 15 is 0 Å². The van der Waals surface area contributed by atoms with Gasteiger partial charge in [0, 0.05) is 0 Å². The quantitative estimate of drug-likeness (QED) is 0.290. The lowest BCUT2D eigenvalue weighted by Gasteiger charge is -1.84. The molecule has 0 aromatic heterocycles. The first-order valence-electron chi connectivity index (χ1n) is 2.47. The van der Waals surface area contributed by atoms with E-state index in [1.165, 1.54) is 18.9 Å². The van der Waals surface area contributed by atoms with E-state index < -0.39 is 0 Å². The number of hydrogen-bond donors (Lipinski definition) is 0. The topological polar surface area (TPSA) is 0 Å². The Hall–Kier alpha value is 0.947. The highest BCUT2D eigenvalue weighted by molar-refractivity contribution is 14.1. The minimum absolute atomic E-state index is 0.373. The van der Waals surface area contributed by atoms with Gasteiger partial charge in [0.1, 0.15) is 0 Å². The second-order valence-electron chi connectivity index (χ2n) is 1.40. The van der Waals surface area contributed by atoms with E-state index in [0.717, 1.165) is 0 Å². The fourth-order valence-electron chi connectivity index (χ4n) is 0.344. The average Bonchev–Trinajstić information content (AvgIpc) is 1.61. The van der Waals surface area contributed by atoms with Crippen LogP contribution in [0.2, 0.25) is 6.04 Å². The Labute approximate surface area is 54.7 Å². The Kier molecular flexibility index (Phi) is 6.89. The summed E-state index contributed by atoms with van der Waals surface area (Å²) in [5.74, 6) is 0. The summed E-state index contributed by atoms with van der Waals surface area (Å²) in [6.45, 7) is 2.25. The Bertz CT molecular complexity index is 19.5. The average molecular weight is 214 g/mol. The van der Waals surface area contributed by atoms with Crippen molar-refractivity contribution in [3.63, 3.8) is 0 Å². The smallest absolute Gasteiger partial charge is 0.0938 e. The zero-order valence-electron chi connectivity index (χ0n) is 4.21. The van der Waals surface area contributed by atoms with Crippen LogP contribution in [-0.2, 0) is 0 Å². The number of halogens is 1. The molecule has 0 aromatic carbocycles. The molecule has 0 aromatic rings. The summed E-state index contributed by atoms with van der Waals surface area (Å²) in [5.41, 5.74) is 0. The van der Waals surface area contributed by atoms with Gasteiger partial charge in [-0.3, -0.25) is 0 Å². The predicted molar refractivity (Wildman–Crippen MR) is 42.3 cm³/mol. The van der Waals surface area contributed by atoms with Crippen molar-refractivity contribution >= 4 is 28.8 Å². The third-order valence-corrected chi connectivity index (χ3v) is 3.79. The number of hydrogen-bond acceptors (Lipinski definition) is 0. The first kappa shape index (κ1) is 6.95. The lowest BCUT2D eigenvalue weighted by atomic mass is 10.4. The van der Waals surface area contributed by atoms with Crippen LogP contribution < -0.4 is 0 Å². The lowest BCUT2D eigenvalue weighted by molar-refractivity contribution is 0.883. The third kappa shape index (κ3) is 4.95. The van der Waals surface area contributed by atoms with Gasteiger partial charge in [-0.2, -0.15) is 0 Å². The molecule has 0 aliphatic carbocycles. The van der Waals surface area contributed by atoms with Gasteiger partial charge in [-0.05, 0) is 0 Å². The SMILES string of the molecule is CCCC[SiH2]I. The van der Waals surface area contributed by atoms with E-state index in [9.17, 15) is 0 Å². The minimum atomic E-state index is 0.373. The molecule has 0 spiro atoms. The lowest BCUT2D eigenvalue weighted by Crippen LogP contribution is -1.72. The van der Waals surface area contributed by atoms with E-state index in [0.29, 0.717) is 7.02 Å². The van der Waals surface area contributed by atoms with Crippen LogP contribution in [0.4, 0.5) is 0 Å². The van der Waals surface area contributed by atoms with Crippen molar-refractivity contribution in [3.05, 3.63) is 0 Å². The third-order valence-electron chi connectivity index (χ3n) is 0.737. The molecule has 0 nitrogen and oxygen atoms in total. The molecule has 0 rings (SSSR count). The first-order chi connectivity index (χ1) is 2.91. The second kappa shape index (κ2) is 5.95. The molecule has 6 heavy (non-hydrogen) atoms. The molecule has 0 unspecified atom stereocenters. The van der Waals surface area contributed by atoms with Crippen molar-refractivity contribution in [2.75, 3.05) is 0 Å². The number of unbranched alkanes of at least 4 members (excludes halogenated alkanes) is 1. The van der Waals surface area contributed by atoms with E-state index in [1.807, 2.05) is 0 Å². The largest absolute Gasteiger partial charge is 0.128 e. The van der Waals surface area contributed by atoms with Crippen molar-refractivity contribution in [2.24, 2.45) is 0 Å². The molecule has 0 saturated carbocycles. The van der Waals surface area contributed by atoms with Crippen molar-refractivity contribution in [2.45, 2.75) is 25.8 Å². The number of rotatable bonds is 3. The fourth-order valence-corrected chi connectivity index (χ4v) is 2.65. The standard InChI is InChI=1S/C4H11ISi/c1-2-3-4-6-5/h2-4,6H2,1H3. The maximum atomic E-state index is 2.55. The molecule has 0 heterocycles.